The number of fused-ring (bicyclic) bond motifs is 1. The van der Waals surface area contributed by atoms with E-state index in [1.807, 2.05) is 0 Å². The molecule has 0 unspecified atom stereocenters. The van der Waals surface area contributed by atoms with Gasteiger partial charge in [0, 0.05) is 12.1 Å². The molecule has 0 fully saturated rings. The van der Waals surface area contributed by atoms with Crippen LogP contribution in [0.1, 0.15) is 21.5 Å². The molecule has 0 saturated heterocycles. The Morgan fingerprint density at radius 3 is 3.00 bits per heavy atom. The Morgan fingerprint density at radius 2 is 2.36 bits per heavy atom. The molecule has 1 aromatic carbocycles. The summed E-state index contributed by atoms with van der Waals surface area (Å²) in [4.78, 5) is 11.4. The topological polar surface area (TPSA) is 62.1 Å². The highest BCUT2D eigenvalue weighted by Gasteiger charge is 2.25. The largest absolute Gasteiger partial charge is 0.496 e. The molecule has 1 amide bonds. The molecule has 1 N–H and O–H groups in total. The van der Waals surface area contributed by atoms with Crippen LogP contribution >= 0.6 is 0 Å². The maximum Gasteiger partial charge on any atom is 0.255 e. The van der Waals surface area contributed by atoms with E-state index in [-0.39, 0.29) is 5.91 Å². The van der Waals surface area contributed by atoms with E-state index in [2.05, 4.69) is 11.4 Å². The highest BCUT2D eigenvalue weighted by Crippen LogP contribution is 2.28. The number of nitriles is 1. The van der Waals surface area contributed by atoms with Crippen LogP contribution in [0.5, 0.6) is 5.75 Å². The summed E-state index contributed by atoms with van der Waals surface area (Å²) < 4.78 is 5.06. The van der Waals surface area contributed by atoms with Crippen LogP contribution in [-0.4, -0.2) is 13.0 Å². The second-order valence-electron chi connectivity index (χ2n) is 2.96. The zero-order valence-corrected chi connectivity index (χ0v) is 7.63. The number of amides is 1. The molecule has 1 aromatic rings. The van der Waals surface area contributed by atoms with Crippen LogP contribution in [0.15, 0.2) is 12.1 Å². The molecule has 0 aliphatic carbocycles. The van der Waals surface area contributed by atoms with Gasteiger partial charge in [-0.2, -0.15) is 5.26 Å². The van der Waals surface area contributed by atoms with Gasteiger partial charge in [0.05, 0.1) is 24.3 Å². The standard InChI is InChI=1S/C10H8N2O2/c1-14-8-3-2-6(4-11)7-5-12-10(13)9(7)8/h2-3H,5H2,1H3,(H,12,13). The first kappa shape index (κ1) is 8.57. The van der Waals surface area contributed by atoms with E-state index in [0.29, 0.717) is 23.4 Å². The van der Waals surface area contributed by atoms with Crippen molar-refractivity contribution in [2.24, 2.45) is 0 Å². The first-order chi connectivity index (χ1) is 6.77. The molecule has 0 bridgehead atoms. The van der Waals surface area contributed by atoms with Gasteiger partial charge in [-0.1, -0.05) is 0 Å². The van der Waals surface area contributed by atoms with Gasteiger partial charge in [-0.05, 0) is 12.1 Å². The summed E-state index contributed by atoms with van der Waals surface area (Å²) in [5.41, 5.74) is 1.75. The molecular formula is C10H8N2O2. The lowest BCUT2D eigenvalue weighted by molar-refractivity contribution is 0.0963. The third-order valence-corrected chi connectivity index (χ3v) is 2.27. The third-order valence-electron chi connectivity index (χ3n) is 2.27. The highest BCUT2D eigenvalue weighted by atomic mass is 16.5. The van der Waals surface area contributed by atoms with Crippen LogP contribution in [-0.2, 0) is 6.54 Å². The summed E-state index contributed by atoms with van der Waals surface area (Å²) in [6.07, 6.45) is 0. The van der Waals surface area contributed by atoms with Crippen molar-refractivity contribution >= 4 is 5.91 Å². The fourth-order valence-corrected chi connectivity index (χ4v) is 1.59. The first-order valence-electron chi connectivity index (χ1n) is 4.16. The van der Waals surface area contributed by atoms with Crippen LogP contribution in [0.4, 0.5) is 0 Å². The minimum absolute atomic E-state index is 0.172. The van der Waals surface area contributed by atoms with Crippen molar-refractivity contribution < 1.29 is 9.53 Å². The predicted molar refractivity (Wildman–Crippen MR) is 48.9 cm³/mol. The van der Waals surface area contributed by atoms with E-state index < -0.39 is 0 Å². The number of carbonyl (C=O) groups is 1. The van der Waals surface area contributed by atoms with Crippen molar-refractivity contribution in [3.63, 3.8) is 0 Å². The van der Waals surface area contributed by atoms with E-state index in [1.54, 1.807) is 12.1 Å². The molecule has 0 aromatic heterocycles. The zero-order valence-electron chi connectivity index (χ0n) is 7.63. The van der Waals surface area contributed by atoms with Crippen LogP contribution < -0.4 is 10.1 Å². The zero-order chi connectivity index (χ0) is 10.1. The van der Waals surface area contributed by atoms with E-state index in [9.17, 15) is 4.79 Å². The van der Waals surface area contributed by atoms with Crippen LogP contribution in [0, 0.1) is 11.3 Å². The molecule has 4 heteroatoms. The number of rotatable bonds is 1. The van der Waals surface area contributed by atoms with E-state index in [1.165, 1.54) is 7.11 Å². The van der Waals surface area contributed by atoms with Crippen molar-refractivity contribution in [1.29, 1.82) is 5.26 Å². The Balaban J connectivity index is 2.70. The van der Waals surface area contributed by atoms with Gasteiger partial charge in [0.2, 0.25) is 0 Å². The Hall–Kier alpha value is -2.02. The third kappa shape index (κ3) is 1.03. The number of hydrogen-bond donors (Lipinski definition) is 1. The van der Waals surface area contributed by atoms with Crippen LogP contribution in [0.2, 0.25) is 0 Å². The molecule has 0 radical (unpaired) electrons. The number of nitrogens with one attached hydrogen (secondary N) is 1. The van der Waals surface area contributed by atoms with Gasteiger partial charge in [-0.15, -0.1) is 0 Å². The minimum Gasteiger partial charge on any atom is -0.496 e. The van der Waals surface area contributed by atoms with Gasteiger partial charge < -0.3 is 10.1 Å². The summed E-state index contributed by atoms with van der Waals surface area (Å²) in [6.45, 7) is 0.411. The van der Waals surface area contributed by atoms with E-state index >= 15 is 0 Å². The van der Waals surface area contributed by atoms with E-state index in [4.69, 9.17) is 10.00 Å². The molecule has 0 spiro atoms. The lowest BCUT2D eigenvalue weighted by Gasteiger charge is -2.05. The summed E-state index contributed by atoms with van der Waals surface area (Å²) in [7, 11) is 1.51. The van der Waals surface area contributed by atoms with Crippen molar-refractivity contribution in [1.82, 2.24) is 5.32 Å². The number of hydrogen-bond acceptors (Lipinski definition) is 3. The number of ether oxygens (including phenoxy) is 1. The van der Waals surface area contributed by atoms with Gasteiger partial charge >= 0.3 is 0 Å². The highest BCUT2D eigenvalue weighted by molar-refractivity contribution is 6.01. The summed E-state index contributed by atoms with van der Waals surface area (Å²) in [6, 6.07) is 5.36. The second kappa shape index (κ2) is 3.04. The molecule has 14 heavy (non-hydrogen) atoms. The Kier molecular flexibility index (Phi) is 1.86. The molecule has 1 heterocycles. The average Bonchev–Trinajstić information content (AvgIpc) is 2.60. The second-order valence-corrected chi connectivity index (χ2v) is 2.96. The molecule has 4 nitrogen and oxygen atoms in total. The molecule has 0 saturated carbocycles. The van der Waals surface area contributed by atoms with Crippen LogP contribution in [0.3, 0.4) is 0 Å². The van der Waals surface area contributed by atoms with Crippen molar-refractivity contribution in [2.45, 2.75) is 6.54 Å². The Bertz CT molecular complexity index is 446. The van der Waals surface area contributed by atoms with Gasteiger partial charge in [0.25, 0.3) is 5.91 Å². The molecule has 1 aliphatic rings. The molecule has 0 atom stereocenters. The van der Waals surface area contributed by atoms with Crippen LogP contribution in [0.25, 0.3) is 0 Å². The summed E-state index contributed by atoms with van der Waals surface area (Å²) in [5, 5.41) is 11.5. The van der Waals surface area contributed by atoms with Gasteiger partial charge in [0.1, 0.15) is 5.75 Å². The lowest BCUT2D eigenvalue weighted by Crippen LogP contribution is -2.13. The molecule has 70 valence electrons. The van der Waals surface area contributed by atoms with Gasteiger partial charge in [0.15, 0.2) is 0 Å². The normalized spacial score (nSPS) is 13.0. The first-order valence-corrected chi connectivity index (χ1v) is 4.16. The molecule has 1 aliphatic heterocycles. The number of nitrogens with zero attached hydrogens (tertiary/aromatic N) is 1. The quantitative estimate of drug-likeness (QED) is 0.709. The van der Waals surface area contributed by atoms with Gasteiger partial charge in [-0.3, -0.25) is 4.79 Å². The number of carbonyl (C=O) groups excluding carboxylic acids is 1. The van der Waals surface area contributed by atoms with Crippen molar-refractivity contribution in [3.8, 4) is 11.8 Å². The smallest absolute Gasteiger partial charge is 0.255 e. The van der Waals surface area contributed by atoms with E-state index in [0.717, 1.165) is 5.56 Å². The number of benzene rings is 1. The van der Waals surface area contributed by atoms with Gasteiger partial charge in [-0.25, -0.2) is 0 Å². The average molecular weight is 188 g/mol. The van der Waals surface area contributed by atoms with Crippen molar-refractivity contribution in [2.75, 3.05) is 7.11 Å². The Labute approximate surface area is 81.1 Å². The fourth-order valence-electron chi connectivity index (χ4n) is 1.59. The fraction of sp³-hybridized carbons (Fsp3) is 0.200. The monoisotopic (exact) mass is 188 g/mol. The molecule has 2 rings (SSSR count). The maximum atomic E-state index is 11.4. The van der Waals surface area contributed by atoms with Crippen molar-refractivity contribution in [3.05, 3.63) is 28.8 Å². The number of methoxy groups -OCH3 is 1. The summed E-state index contributed by atoms with van der Waals surface area (Å²) >= 11 is 0. The lowest BCUT2D eigenvalue weighted by atomic mass is 10.0. The Morgan fingerprint density at radius 1 is 1.57 bits per heavy atom. The minimum atomic E-state index is -0.172. The SMILES string of the molecule is COc1ccc(C#N)c2c1C(=O)NC2. The maximum absolute atomic E-state index is 11.4. The molecular weight excluding hydrogens is 180 g/mol. The summed E-state index contributed by atoms with van der Waals surface area (Å²) in [5.74, 6) is 0.350. The predicted octanol–water partition coefficient (Wildman–Crippen LogP) is 0.810.